The third-order valence-corrected chi connectivity index (χ3v) is 3.99. The third-order valence-electron chi connectivity index (χ3n) is 3.99. The van der Waals surface area contributed by atoms with Crippen LogP contribution in [0.25, 0.3) is 0 Å². The molecule has 2 N–H and O–H groups in total. The van der Waals surface area contributed by atoms with Crippen LogP contribution in [0.5, 0.6) is 5.75 Å². The van der Waals surface area contributed by atoms with E-state index in [4.69, 9.17) is 15.2 Å². The lowest BCUT2D eigenvalue weighted by atomic mass is 9.89. The smallest absolute Gasteiger partial charge is 0.410 e. The zero-order valence-electron chi connectivity index (χ0n) is 14.8. The number of primary amides is 1. The maximum atomic E-state index is 12.3. The van der Waals surface area contributed by atoms with Crippen LogP contribution < -0.4 is 10.5 Å². The topological polar surface area (TPSA) is 81.9 Å². The lowest BCUT2D eigenvalue weighted by Crippen LogP contribution is -2.42. The van der Waals surface area contributed by atoms with Crippen LogP contribution in [0.15, 0.2) is 18.2 Å². The molecule has 1 unspecified atom stereocenters. The van der Waals surface area contributed by atoms with E-state index in [1.807, 2.05) is 26.8 Å². The number of hydrogen-bond donors (Lipinski definition) is 1. The molecule has 1 aromatic rings. The number of piperidine rings is 1. The molecule has 1 aliphatic rings. The first-order chi connectivity index (χ1) is 11.2. The summed E-state index contributed by atoms with van der Waals surface area (Å²) < 4.78 is 10.7. The quantitative estimate of drug-likeness (QED) is 0.921. The van der Waals surface area contributed by atoms with Crippen LogP contribution in [0.2, 0.25) is 0 Å². The zero-order valence-corrected chi connectivity index (χ0v) is 14.8. The third kappa shape index (κ3) is 4.63. The second-order valence-corrected chi connectivity index (χ2v) is 7.12. The molecular formula is C18H26N2O4. The van der Waals surface area contributed by atoms with E-state index < -0.39 is 11.5 Å². The highest BCUT2D eigenvalue weighted by molar-refractivity contribution is 5.93. The van der Waals surface area contributed by atoms with Gasteiger partial charge in [-0.05, 0) is 57.4 Å². The van der Waals surface area contributed by atoms with Crippen molar-refractivity contribution in [2.75, 3.05) is 20.2 Å². The summed E-state index contributed by atoms with van der Waals surface area (Å²) >= 11 is 0. The maximum Gasteiger partial charge on any atom is 0.410 e. The van der Waals surface area contributed by atoms with Crippen LogP contribution in [0.3, 0.4) is 0 Å². The van der Waals surface area contributed by atoms with Gasteiger partial charge in [0, 0.05) is 24.6 Å². The lowest BCUT2D eigenvalue weighted by Gasteiger charge is -2.34. The van der Waals surface area contributed by atoms with Gasteiger partial charge in [0.2, 0.25) is 5.91 Å². The van der Waals surface area contributed by atoms with Gasteiger partial charge in [-0.25, -0.2) is 4.79 Å². The summed E-state index contributed by atoms with van der Waals surface area (Å²) in [5.41, 5.74) is 6.26. The molecule has 132 valence electrons. The van der Waals surface area contributed by atoms with Gasteiger partial charge in [0.05, 0.1) is 7.11 Å². The number of carbonyl (C=O) groups excluding carboxylic acids is 2. The Labute approximate surface area is 142 Å². The number of benzene rings is 1. The van der Waals surface area contributed by atoms with Gasteiger partial charge in [-0.15, -0.1) is 0 Å². The minimum Gasteiger partial charge on any atom is -0.497 e. The molecule has 6 nitrogen and oxygen atoms in total. The Morgan fingerprint density at radius 1 is 1.25 bits per heavy atom. The van der Waals surface area contributed by atoms with E-state index in [0.717, 1.165) is 18.4 Å². The first-order valence-electron chi connectivity index (χ1n) is 8.16. The molecule has 2 amide bonds. The van der Waals surface area contributed by atoms with Gasteiger partial charge >= 0.3 is 6.09 Å². The van der Waals surface area contributed by atoms with Crippen molar-refractivity contribution < 1.29 is 19.1 Å². The summed E-state index contributed by atoms with van der Waals surface area (Å²) in [6.45, 7) is 6.80. The van der Waals surface area contributed by atoms with Gasteiger partial charge in [0.1, 0.15) is 11.4 Å². The van der Waals surface area contributed by atoms with Gasteiger partial charge < -0.3 is 20.1 Å². The number of nitrogens with two attached hydrogens (primary N) is 1. The highest BCUT2D eigenvalue weighted by Gasteiger charge is 2.28. The molecule has 1 aliphatic heterocycles. The Morgan fingerprint density at radius 2 is 1.96 bits per heavy atom. The summed E-state index contributed by atoms with van der Waals surface area (Å²) in [5, 5.41) is 0. The monoisotopic (exact) mass is 334 g/mol. The van der Waals surface area contributed by atoms with Crippen LogP contribution in [0.1, 0.15) is 55.5 Å². The highest BCUT2D eigenvalue weighted by Crippen LogP contribution is 2.31. The molecule has 24 heavy (non-hydrogen) atoms. The van der Waals surface area contributed by atoms with Crippen molar-refractivity contribution in [3.63, 3.8) is 0 Å². The highest BCUT2D eigenvalue weighted by atomic mass is 16.6. The molecule has 1 heterocycles. The average molecular weight is 334 g/mol. The fraction of sp³-hybridized carbons (Fsp3) is 0.556. The van der Waals surface area contributed by atoms with Gasteiger partial charge in [-0.3, -0.25) is 4.79 Å². The van der Waals surface area contributed by atoms with E-state index in [-0.39, 0.29) is 12.0 Å². The fourth-order valence-corrected chi connectivity index (χ4v) is 2.86. The van der Waals surface area contributed by atoms with E-state index in [1.165, 1.54) is 0 Å². The molecule has 1 aromatic carbocycles. The summed E-state index contributed by atoms with van der Waals surface area (Å²) in [6.07, 6.45) is 1.52. The molecule has 2 rings (SSSR count). The second-order valence-electron chi connectivity index (χ2n) is 7.12. The Bertz CT molecular complexity index is 622. The number of likely N-dealkylation sites (tertiary alicyclic amines) is 1. The van der Waals surface area contributed by atoms with E-state index in [2.05, 4.69) is 0 Å². The van der Waals surface area contributed by atoms with E-state index >= 15 is 0 Å². The molecule has 1 fully saturated rings. The molecule has 0 bridgehead atoms. The van der Waals surface area contributed by atoms with Crippen LogP contribution in [-0.2, 0) is 4.74 Å². The minimum atomic E-state index is -0.515. The average Bonchev–Trinajstić information content (AvgIpc) is 2.52. The van der Waals surface area contributed by atoms with Gasteiger partial charge in [-0.1, -0.05) is 0 Å². The normalized spacial score (nSPS) is 18.2. The van der Waals surface area contributed by atoms with Crippen molar-refractivity contribution in [1.29, 1.82) is 0 Å². The Kier molecular flexibility index (Phi) is 5.36. The molecule has 6 heteroatoms. The van der Waals surface area contributed by atoms with Gasteiger partial charge in [-0.2, -0.15) is 0 Å². The Balaban J connectivity index is 2.18. The number of amides is 2. The number of ether oxygens (including phenoxy) is 2. The molecular weight excluding hydrogens is 308 g/mol. The largest absolute Gasteiger partial charge is 0.497 e. The SMILES string of the molecule is COc1cc(C(N)=O)cc(C2CCCN(C(=O)OC(C)(C)C)C2)c1. The van der Waals surface area contributed by atoms with Crippen molar-refractivity contribution in [3.05, 3.63) is 29.3 Å². The van der Waals surface area contributed by atoms with Crippen LogP contribution in [-0.4, -0.2) is 42.7 Å². The molecule has 0 saturated carbocycles. The number of methoxy groups -OCH3 is 1. The maximum absolute atomic E-state index is 12.3. The van der Waals surface area contributed by atoms with Gasteiger partial charge in [0.25, 0.3) is 0 Å². The fourth-order valence-electron chi connectivity index (χ4n) is 2.86. The Hall–Kier alpha value is -2.24. The van der Waals surface area contributed by atoms with Crippen molar-refractivity contribution in [2.45, 2.75) is 45.1 Å². The van der Waals surface area contributed by atoms with Gasteiger partial charge in [0.15, 0.2) is 0 Å². The van der Waals surface area contributed by atoms with Crippen molar-refractivity contribution in [1.82, 2.24) is 4.90 Å². The molecule has 0 spiro atoms. The predicted octanol–water partition coefficient (Wildman–Crippen LogP) is 2.91. The molecule has 0 radical (unpaired) electrons. The second kappa shape index (κ2) is 7.11. The van der Waals surface area contributed by atoms with Crippen LogP contribution in [0, 0.1) is 0 Å². The van der Waals surface area contributed by atoms with Crippen molar-refractivity contribution in [2.24, 2.45) is 5.73 Å². The first kappa shape index (κ1) is 18.1. The summed E-state index contributed by atoms with van der Waals surface area (Å²) in [7, 11) is 1.55. The zero-order chi connectivity index (χ0) is 17.9. The molecule has 1 saturated heterocycles. The minimum absolute atomic E-state index is 0.125. The Morgan fingerprint density at radius 3 is 2.54 bits per heavy atom. The van der Waals surface area contributed by atoms with Crippen molar-refractivity contribution >= 4 is 12.0 Å². The number of hydrogen-bond acceptors (Lipinski definition) is 4. The molecule has 0 aliphatic carbocycles. The summed E-state index contributed by atoms with van der Waals surface area (Å²) in [4.78, 5) is 25.5. The number of carbonyl (C=O) groups is 2. The van der Waals surface area contributed by atoms with E-state index in [0.29, 0.717) is 24.4 Å². The summed E-state index contributed by atoms with van der Waals surface area (Å²) in [5.74, 6) is 0.227. The number of rotatable bonds is 3. The van der Waals surface area contributed by atoms with E-state index in [9.17, 15) is 9.59 Å². The van der Waals surface area contributed by atoms with Crippen LogP contribution >= 0.6 is 0 Å². The van der Waals surface area contributed by atoms with E-state index in [1.54, 1.807) is 24.1 Å². The lowest BCUT2D eigenvalue weighted by molar-refractivity contribution is 0.0198. The van der Waals surface area contributed by atoms with Crippen molar-refractivity contribution in [3.8, 4) is 5.75 Å². The first-order valence-corrected chi connectivity index (χ1v) is 8.16. The molecule has 1 atom stereocenters. The number of nitrogens with zero attached hydrogens (tertiary/aromatic N) is 1. The summed E-state index contributed by atoms with van der Waals surface area (Å²) in [6, 6.07) is 5.31. The molecule has 0 aromatic heterocycles. The van der Waals surface area contributed by atoms with Crippen LogP contribution in [0.4, 0.5) is 4.79 Å². The standard InChI is InChI=1S/C18H26N2O4/c1-18(2,3)24-17(22)20-7-5-6-12(11-20)13-8-14(16(19)21)10-15(9-13)23-4/h8-10,12H,5-7,11H2,1-4H3,(H2,19,21). The predicted molar refractivity (Wildman–Crippen MR) is 91.3 cm³/mol.